The first kappa shape index (κ1) is 7.82. The normalized spacial score (nSPS) is 41.1. The fraction of sp³-hybridized carbons (Fsp3) is 0.857. The Balaban J connectivity index is 2.09. The quantitative estimate of drug-likeness (QED) is 0.524. The molecule has 2 aliphatic heterocycles. The van der Waals surface area contributed by atoms with Gasteiger partial charge in [-0.3, -0.25) is 0 Å². The second-order valence-electron chi connectivity index (χ2n) is 2.89. The second kappa shape index (κ2) is 2.91. The van der Waals surface area contributed by atoms with Gasteiger partial charge in [0.1, 0.15) is 6.10 Å². The molecule has 2 rings (SSSR count). The molecule has 0 aromatic carbocycles. The lowest BCUT2D eigenvalue weighted by Crippen LogP contribution is -2.34. The number of hydrogen-bond acceptors (Lipinski definition) is 5. The summed E-state index contributed by atoms with van der Waals surface area (Å²) in [6, 6.07) is 0. The van der Waals surface area contributed by atoms with Gasteiger partial charge in [-0.05, 0) is 12.8 Å². The van der Waals surface area contributed by atoms with Gasteiger partial charge in [-0.1, -0.05) is 0 Å². The first-order valence-electron chi connectivity index (χ1n) is 3.94. The number of ether oxygens (including phenoxy) is 3. The molecule has 0 aliphatic carbocycles. The Bertz CT molecular complexity index is 192. The van der Waals surface area contributed by atoms with E-state index in [0.717, 1.165) is 6.42 Å². The predicted octanol–water partition coefficient (Wildman–Crippen LogP) is 0.0192. The maximum atomic E-state index is 10.7. The monoisotopic (exact) mass is 174 g/mol. The number of fused-ring (bicyclic) bond motifs is 1. The smallest absolute Gasteiger partial charge is 0.427 e. The molecule has 2 heterocycles. The van der Waals surface area contributed by atoms with Gasteiger partial charge >= 0.3 is 6.16 Å². The van der Waals surface area contributed by atoms with Crippen LogP contribution in [-0.4, -0.2) is 36.4 Å². The van der Waals surface area contributed by atoms with Crippen LogP contribution in [0.4, 0.5) is 4.79 Å². The molecule has 5 nitrogen and oxygen atoms in total. The number of carbonyl (C=O) groups excluding carboxylic acids is 1. The summed E-state index contributed by atoms with van der Waals surface area (Å²) < 4.78 is 14.5. The van der Waals surface area contributed by atoms with E-state index in [-0.39, 0.29) is 6.10 Å². The molecular formula is C7H10O5. The van der Waals surface area contributed by atoms with Crippen molar-refractivity contribution in [2.75, 3.05) is 6.61 Å². The Hall–Kier alpha value is -0.810. The van der Waals surface area contributed by atoms with Gasteiger partial charge in [-0.2, -0.15) is 0 Å². The van der Waals surface area contributed by atoms with E-state index in [1.807, 2.05) is 0 Å². The van der Waals surface area contributed by atoms with Crippen LogP contribution >= 0.6 is 0 Å². The molecule has 12 heavy (non-hydrogen) atoms. The highest BCUT2D eigenvalue weighted by Gasteiger charge is 2.43. The van der Waals surface area contributed by atoms with Crippen LogP contribution in [0.3, 0.4) is 0 Å². The van der Waals surface area contributed by atoms with Crippen LogP contribution in [0.15, 0.2) is 0 Å². The molecule has 2 fully saturated rings. The molecule has 0 amide bonds. The molecule has 5 heteroatoms. The Kier molecular flexibility index (Phi) is 1.90. The van der Waals surface area contributed by atoms with Crippen molar-refractivity contribution in [2.24, 2.45) is 0 Å². The Morgan fingerprint density at radius 3 is 3.08 bits per heavy atom. The average Bonchev–Trinajstić information content (AvgIpc) is 2.33. The highest BCUT2D eigenvalue weighted by molar-refractivity contribution is 5.62. The van der Waals surface area contributed by atoms with Crippen molar-refractivity contribution in [3.63, 3.8) is 0 Å². The second-order valence-corrected chi connectivity index (χ2v) is 2.89. The van der Waals surface area contributed by atoms with E-state index in [0.29, 0.717) is 13.0 Å². The lowest BCUT2D eigenvalue weighted by atomic mass is 10.1. The zero-order valence-corrected chi connectivity index (χ0v) is 6.43. The van der Waals surface area contributed by atoms with Gasteiger partial charge in [0.25, 0.3) is 0 Å². The van der Waals surface area contributed by atoms with E-state index in [1.54, 1.807) is 0 Å². The molecular weight excluding hydrogens is 164 g/mol. The van der Waals surface area contributed by atoms with Crippen molar-refractivity contribution >= 4 is 6.16 Å². The molecule has 0 spiro atoms. The summed E-state index contributed by atoms with van der Waals surface area (Å²) in [5, 5.41) is 9.30. The van der Waals surface area contributed by atoms with E-state index >= 15 is 0 Å². The zero-order chi connectivity index (χ0) is 8.55. The van der Waals surface area contributed by atoms with Gasteiger partial charge in [0, 0.05) is 0 Å². The number of rotatable bonds is 0. The minimum atomic E-state index is -1.04. The summed E-state index contributed by atoms with van der Waals surface area (Å²) >= 11 is 0. The fourth-order valence-corrected chi connectivity index (χ4v) is 1.45. The maximum Gasteiger partial charge on any atom is 0.509 e. The molecule has 0 radical (unpaired) electrons. The van der Waals surface area contributed by atoms with Gasteiger partial charge < -0.3 is 19.3 Å². The molecule has 0 bridgehead atoms. The Labute approximate surface area is 69.2 Å². The molecule has 1 N–H and O–H groups in total. The van der Waals surface area contributed by atoms with Crippen molar-refractivity contribution in [3.05, 3.63) is 0 Å². The van der Waals surface area contributed by atoms with Crippen molar-refractivity contribution in [2.45, 2.75) is 31.3 Å². The number of carbonyl (C=O) groups is 1. The third-order valence-electron chi connectivity index (χ3n) is 2.05. The third kappa shape index (κ3) is 1.25. The molecule has 68 valence electrons. The van der Waals surface area contributed by atoms with Crippen molar-refractivity contribution < 1.29 is 24.1 Å². The standard InChI is InChI=1S/C7H10O5/c8-6-5-4(2-1-3-10-6)11-7(9)12-5/h4-6,8H,1-3H2/t4?,5?,6-/m1/s1. The SMILES string of the molecule is O=C1OC2CCCO[C@@H](O)C2O1. The molecule has 0 aromatic rings. The predicted molar refractivity (Wildman–Crippen MR) is 36.3 cm³/mol. The number of hydrogen-bond donors (Lipinski definition) is 1. The Morgan fingerprint density at radius 1 is 1.42 bits per heavy atom. The van der Waals surface area contributed by atoms with Crippen LogP contribution in [-0.2, 0) is 14.2 Å². The first-order chi connectivity index (χ1) is 5.77. The molecule has 2 saturated heterocycles. The van der Waals surface area contributed by atoms with Crippen LogP contribution in [0.1, 0.15) is 12.8 Å². The fourth-order valence-electron chi connectivity index (χ4n) is 1.45. The van der Waals surface area contributed by atoms with Gasteiger partial charge in [0.05, 0.1) is 6.61 Å². The molecule has 2 unspecified atom stereocenters. The van der Waals surface area contributed by atoms with Crippen molar-refractivity contribution in [1.82, 2.24) is 0 Å². The van der Waals surface area contributed by atoms with Gasteiger partial charge in [-0.15, -0.1) is 0 Å². The van der Waals surface area contributed by atoms with Crippen LogP contribution < -0.4 is 0 Å². The van der Waals surface area contributed by atoms with Gasteiger partial charge in [0.15, 0.2) is 12.4 Å². The Morgan fingerprint density at radius 2 is 2.25 bits per heavy atom. The molecule has 0 saturated carbocycles. The van der Waals surface area contributed by atoms with Crippen molar-refractivity contribution in [1.29, 1.82) is 0 Å². The van der Waals surface area contributed by atoms with E-state index in [2.05, 4.69) is 0 Å². The van der Waals surface area contributed by atoms with Crippen LogP contribution in [0.5, 0.6) is 0 Å². The lowest BCUT2D eigenvalue weighted by Gasteiger charge is -2.15. The van der Waals surface area contributed by atoms with E-state index in [9.17, 15) is 9.90 Å². The summed E-state index contributed by atoms with van der Waals surface area (Å²) in [4.78, 5) is 10.7. The summed E-state index contributed by atoms with van der Waals surface area (Å²) in [5.74, 6) is 0. The third-order valence-corrected chi connectivity index (χ3v) is 2.05. The molecule has 0 aromatic heterocycles. The number of aliphatic hydroxyl groups is 1. The molecule has 2 aliphatic rings. The maximum absolute atomic E-state index is 10.7. The van der Waals surface area contributed by atoms with Gasteiger partial charge in [-0.25, -0.2) is 4.79 Å². The van der Waals surface area contributed by atoms with Crippen LogP contribution in [0.2, 0.25) is 0 Å². The van der Waals surface area contributed by atoms with Gasteiger partial charge in [0.2, 0.25) is 0 Å². The lowest BCUT2D eigenvalue weighted by molar-refractivity contribution is -0.150. The van der Waals surface area contributed by atoms with E-state index in [1.165, 1.54) is 0 Å². The average molecular weight is 174 g/mol. The van der Waals surface area contributed by atoms with E-state index < -0.39 is 18.5 Å². The topological polar surface area (TPSA) is 65.0 Å². The minimum absolute atomic E-state index is 0.338. The highest BCUT2D eigenvalue weighted by Crippen LogP contribution is 2.25. The summed E-state index contributed by atoms with van der Waals surface area (Å²) in [6.07, 6.45) is -1.27. The molecule has 3 atom stereocenters. The first-order valence-corrected chi connectivity index (χ1v) is 3.94. The highest BCUT2D eigenvalue weighted by atomic mass is 16.8. The summed E-state index contributed by atoms with van der Waals surface area (Å²) in [6.45, 7) is 0.481. The van der Waals surface area contributed by atoms with E-state index in [4.69, 9.17) is 14.2 Å². The summed E-state index contributed by atoms with van der Waals surface area (Å²) in [5.41, 5.74) is 0. The zero-order valence-electron chi connectivity index (χ0n) is 6.43. The van der Waals surface area contributed by atoms with Crippen molar-refractivity contribution in [3.8, 4) is 0 Å². The largest absolute Gasteiger partial charge is 0.509 e. The summed E-state index contributed by atoms with van der Waals surface area (Å²) in [7, 11) is 0. The number of aliphatic hydroxyl groups excluding tert-OH is 1. The van der Waals surface area contributed by atoms with Crippen LogP contribution in [0.25, 0.3) is 0 Å². The minimum Gasteiger partial charge on any atom is -0.427 e. The van der Waals surface area contributed by atoms with Crippen LogP contribution in [0, 0.1) is 0 Å².